The number of rotatable bonds is 4. The van der Waals surface area contributed by atoms with Crippen molar-refractivity contribution >= 4 is 28.1 Å². The molecule has 0 fully saturated rings. The standard InChI is InChI=1S/C13H13F3N2S2/c1-2-3-10-18-11(12(17)19-10)8-4-6-9(7-5-8)20-13(14,15)16/h4-7H,2-3,17H2,1H3. The van der Waals surface area contributed by atoms with E-state index in [9.17, 15) is 13.2 Å². The van der Waals surface area contributed by atoms with Crippen LogP contribution < -0.4 is 5.73 Å². The fourth-order valence-electron chi connectivity index (χ4n) is 1.72. The Morgan fingerprint density at radius 2 is 1.90 bits per heavy atom. The molecule has 7 heteroatoms. The van der Waals surface area contributed by atoms with Crippen molar-refractivity contribution in [2.75, 3.05) is 5.73 Å². The molecule has 0 radical (unpaired) electrons. The van der Waals surface area contributed by atoms with Crippen LogP contribution in [0.4, 0.5) is 18.2 Å². The maximum atomic E-state index is 12.2. The number of benzene rings is 1. The van der Waals surface area contributed by atoms with E-state index in [-0.39, 0.29) is 16.7 Å². The molecule has 0 aliphatic rings. The number of hydrogen-bond acceptors (Lipinski definition) is 4. The summed E-state index contributed by atoms with van der Waals surface area (Å²) in [6.45, 7) is 2.06. The number of alkyl halides is 3. The molecular formula is C13H13F3N2S2. The zero-order valence-corrected chi connectivity index (χ0v) is 12.3. The van der Waals surface area contributed by atoms with Crippen molar-refractivity contribution < 1.29 is 13.2 Å². The predicted molar refractivity (Wildman–Crippen MR) is 77.9 cm³/mol. The van der Waals surface area contributed by atoms with Gasteiger partial charge in [-0.2, -0.15) is 13.2 Å². The first-order valence-electron chi connectivity index (χ1n) is 6.00. The second kappa shape index (κ2) is 6.05. The Morgan fingerprint density at radius 3 is 2.45 bits per heavy atom. The van der Waals surface area contributed by atoms with Gasteiger partial charge in [-0.05, 0) is 36.7 Å². The summed E-state index contributed by atoms with van der Waals surface area (Å²) < 4.78 is 36.7. The van der Waals surface area contributed by atoms with Crippen molar-refractivity contribution in [2.45, 2.75) is 30.2 Å². The van der Waals surface area contributed by atoms with Gasteiger partial charge in [-0.15, -0.1) is 11.3 Å². The summed E-state index contributed by atoms with van der Waals surface area (Å²) in [6.07, 6.45) is 1.84. The fraction of sp³-hybridized carbons (Fsp3) is 0.308. The van der Waals surface area contributed by atoms with Crippen LogP contribution in [0.15, 0.2) is 29.2 Å². The van der Waals surface area contributed by atoms with E-state index in [2.05, 4.69) is 11.9 Å². The van der Waals surface area contributed by atoms with Crippen molar-refractivity contribution in [2.24, 2.45) is 0 Å². The highest BCUT2D eigenvalue weighted by Gasteiger charge is 2.29. The average molecular weight is 318 g/mol. The van der Waals surface area contributed by atoms with Gasteiger partial charge in [0.15, 0.2) is 0 Å². The van der Waals surface area contributed by atoms with Gasteiger partial charge in [0.05, 0.1) is 5.01 Å². The second-order valence-corrected chi connectivity index (χ2v) is 6.40. The lowest BCUT2D eigenvalue weighted by molar-refractivity contribution is -0.0328. The molecule has 108 valence electrons. The number of aromatic nitrogens is 1. The molecule has 0 amide bonds. The van der Waals surface area contributed by atoms with Gasteiger partial charge in [-0.1, -0.05) is 19.1 Å². The van der Waals surface area contributed by atoms with Gasteiger partial charge in [0.25, 0.3) is 0 Å². The molecule has 2 aromatic rings. The number of thiazole rings is 1. The summed E-state index contributed by atoms with van der Waals surface area (Å²) in [6, 6.07) is 6.11. The third-order valence-electron chi connectivity index (χ3n) is 2.52. The van der Waals surface area contributed by atoms with Gasteiger partial charge in [0.2, 0.25) is 0 Å². The monoisotopic (exact) mass is 318 g/mol. The molecule has 1 aromatic carbocycles. The van der Waals surface area contributed by atoms with Crippen LogP contribution in [0.1, 0.15) is 18.4 Å². The fourth-order valence-corrected chi connectivity index (χ4v) is 3.22. The van der Waals surface area contributed by atoms with Crippen LogP contribution in [-0.4, -0.2) is 10.5 Å². The molecule has 0 saturated heterocycles. The van der Waals surface area contributed by atoms with Crippen LogP contribution in [-0.2, 0) is 6.42 Å². The van der Waals surface area contributed by atoms with Crippen LogP contribution in [0.3, 0.4) is 0 Å². The number of nitrogens with zero attached hydrogens (tertiary/aromatic N) is 1. The van der Waals surface area contributed by atoms with Gasteiger partial charge in [0, 0.05) is 10.5 Å². The number of anilines is 1. The largest absolute Gasteiger partial charge is 0.446 e. The summed E-state index contributed by atoms with van der Waals surface area (Å²) in [7, 11) is 0. The van der Waals surface area contributed by atoms with Crippen molar-refractivity contribution in [3.8, 4) is 11.3 Å². The number of halogens is 3. The van der Waals surface area contributed by atoms with Crippen LogP contribution in [0.5, 0.6) is 0 Å². The molecule has 0 atom stereocenters. The van der Waals surface area contributed by atoms with Gasteiger partial charge in [-0.25, -0.2) is 4.98 Å². The summed E-state index contributed by atoms with van der Waals surface area (Å²) in [5, 5.41) is 1.55. The molecule has 1 heterocycles. The lowest BCUT2D eigenvalue weighted by Crippen LogP contribution is -1.98. The maximum absolute atomic E-state index is 12.2. The highest BCUT2D eigenvalue weighted by Crippen LogP contribution is 2.38. The van der Waals surface area contributed by atoms with Gasteiger partial charge in [-0.3, -0.25) is 0 Å². The number of nitrogens with two attached hydrogens (primary N) is 1. The minimum Gasteiger partial charge on any atom is -0.389 e. The predicted octanol–water partition coefficient (Wildman–Crippen LogP) is 4.96. The highest BCUT2D eigenvalue weighted by molar-refractivity contribution is 8.00. The summed E-state index contributed by atoms with van der Waals surface area (Å²) in [5.41, 5.74) is 3.04. The Hall–Kier alpha value is -1.21. The quantitative estimate of drug-likeness (QED) is 0.810. The molecule has 0 aliphatic heterocycles. The van der Waals surface area contributed by atoms with E-state index in [1.165, 1.54) is 23.5 Å². The van der Waals surface area contributed by atoms with Crippen molar-refractivity contribution in [1.29, 1.82) is 0 Å². The summed E-state index contributed by atoms with van der Waals surface area (Å²) in [4.78, 5) is 4.59. The van der Waals surface area contributed by atoms with Crippen LogP contribution in [0.25, 0.3) is 11.3 Å². The van der Waals surface area contributed by atoms with E-state index in [1.807, 2.05) is 0 Å². The molecule has 2 nitrogen and oxygen atoms in total. The zero-order chi connectivity index (χ0) is 14.8. The zero-order valence-electron chi connectivity index (χ0n) is 10.7. The lowest BCUT2D eigenvalue weighted by atomic mass is 10.2. The average Bonchev–Trinajstić information content (AvgIpc) is 2.70. The first-order valence-corrected chi connectivity index (χ1v) is 7.63. The van der Waals surface area contributed by atoms with Gasteiger partial charge < -0.3 is 5.73 Å². The Kier molecular flexibility index (Phi) is 4.59. The smallest absolute Gasteiger partial charge is 0.389 e. The SMILES string of the molecule is CCCc1nc(-c2ccc(SC(F)(F)F)cc2)c(N)s1. The summed E-state index contributed by atoms with van der Waals surface area (Å²) in [5.74, 6) is 0. The number of nitrogen functional groups attached to an aromatic ring is 1. The lowest BCUT2D eigenvalue weighted by Gasteiger charge is -2.06. The Bertz CT molecular complexity index is 576. The number of aryl methyl sites for hydroxylation is 1. The van der Waals surface area contributed by atoms with E-state index in [0.29, 0.717) is 10.7 Å². The maximum Gasteiger partial charge on any atom is 0.446 e. The first-order chi connectivity index (χ1) is 9.39. The molecule has 0 unspecified atom stereocenters. The van der Waals surface area contributed by atoms with Crippen molar-refractivity contribution in [1.82, 2.24) is 4.98 Å². The highest BCUT2D eigenvalue weighted by atomic mass is 32.2. The van der Waals surface area contributed by atoms with E-state index < -0.39 is 5.51 Å². The second-order valence-electron chi connectivity index (χ2n) is 4.14. The molecule has 2 rings (SSSR count). The third kappa shape index (κ3) is 3.89. The van der Waals surface area contributed by atoms with Crippen molar-refractivity contribution in [3.05, 3.63) is 29.3 Å². The van der Waals surface area contributed by atoms with E-state index in [0.717, 1.165) is 23.4 Å². The molecule has 0 spiro atoms. The van der Waals surface area contributed by atoms with Crippen molar-refractivity contribution in [3.63, 3.8) is 0 Å². The molecule has 0 saturated carbocycles. The van der Waals surface area contributed by atoms with E-state index in [1.54, 1.807) is 12.1 Å². The van der Waals surface area contributed by atoms with E-state index >= 15 is 0 Å². The molecule has 0 aliphatic carbocycles. The van der Waals surface area contributed by atoms with Gasteiger partial charge >= 0.3 is 5.51 Å². The molecule has 0 bridgehead atoms. The Morgan fingerprint density at radius 1 is 1.25 bits per heavy atom. The molecule has 2 N–H and O–H groups in total. The van der Waals surface area contributed by atoms with Crippen LogP contribution >= 0.6 is 23.1 Å². The number of hydrogen-bond donors (Lipinski definition) is 1. The Labute approximate surface area is 123 Å². The Balaban J connectivity index is 2.21. The normalized spacial score (nSPS) is 11.8. The third-order valence-corrected chi connectivity index (χ3v) is 4.21. The molecule has 20 heavy (non-hydrogen) atoms. The molecule has 1 aromatic heterocycles. The van der Waals surface area contributed by atoms with Gasteiger partial charge in [0.1, 0.15) is 10.7 Å². The minimum absolute atomic E-state index is 0.127. The van der Waals surface area contributed by atoms with E-state index in [4.69, 9.17) is 5.73 Å². The first kappa shape index (κ1) is 15.2. The number of thioether (sulfide) groups is 1. The topological polar surface area (TPSA) is 38.9 Å². The summed E-state index contributed by atoms with van der Waals surface area (Å²) >= 11 is 1.30. The minimum atomic E-state index is -4.27. The molecular weight excluding hydrogens is 305 g/mol. The van der Waals surface area contributed by atoms with Crippen LogP contribution in [0, 0.1) is 0 Å². The van der Waals surface area contributed by atoms with Crippen LogP contribution in [0.2, 0.25) is 0 Å².